The molecule has 0 spiro atoms. The van der Waals surface area contributed by atoms with Gasteiger partial charge in [-0.25, -0.2) is 0 Å². The molecule has 0 unspecified atom stereocenters. The number of hydrogen-bond acceptors (Lipinski definition) is 3. The van der Waals surface area contributed by atoms with E-state index in [1.165, 1.54) is 5.56 Å². The highest BCUT2D eigenvalue weighted by molar-refractivity contribution is 5.67. The molecule has 0 saturated heterocycles. The van der Waals surface area contributed by atoms with Gasteiger partial charge in [0.05, 0.1) is 11.4 Å². The third-order valence-electron chi connectivity index (χ3n) is 3.53. The Morgan fingerprint density at radius 1 is 1.25 bits per heavy atom. The highest BCUT2D eigenvalue weighted by atomic mass is 15.4. The second kappa shape index (κ2) is 5.99. The van der Waals surface area contributed by atoms with Crippen LogP contribution < -0.4 is 10.6 Å². The van der Waals surface area contributed by atoms with E-state index in [2.05, 4.69) is 55.0 Å². The van der Waals surface area contributed by atoms with Crippen molar-refractivity contribution >= 4 is 11.5 Å². The number of rotatable bonds is 5. The van der Waals surface area contributed by atoms with Crippen LogP contribution in [0.5, 0.6) is 0 Å². The average molecular weight is 272 g/mol. The van der Waals surface area contributed by atoms with Gasteiger partial charge in [0.15, 0.2) is 5.82 Å². The molecule has 0 atom stereocenters. The van der Waals surface area contributed by atoms with Crippen molar-refractivity contribution < 1.29 is 0 Å². The van der Waals surface area contributed by atoms with Gasteiger partial charge in [0.2, 0.25) is 0 Å². The van der Waals surface area contributed by atoms with E-state index >= 15 is 0 Å². The van der Waals surface area contributed by atoms with Crippen molar-refractivity contribution in [2.45, 2.75) is 33.2 Å². The van der Waals surface area contributed by atoms with Crippen molar-refractivity contribution in [3.8, 4) is 0 Å². The molecule has 1 heterocycles. The van der Waals surface area contributed by atoms with Gasteiger partial charge >= 0.3 is 0 Å². The molecule has 4 nitrogen and oxygen atoms in total. The Balaban J connectivity index is 2.33. The van der Waals surface area contributed by atoms with E-state index in [1.54, 1.807) is 0 Å². The summed E-state index contributed by atoms with van der Waals surface area (Å²) < 4.78 is 1.90. The lowest BCUT2D eigenvalue weighted by atomic mass is 10.1. The van der Waals surface area contributed by atoms with Crippen LogP contribution in [0, 0.1) is 0 Å². The van der Waals surface area contributed by atoms with E-state index in [1.807, 2.05) is 17.8 Å². The van der Waals surface area contributed by atoms with E-state index in [0.29, 0.717) is 5.92 Å². The minimum absolute atomic E-state index is 0.338. The van der Waals surface area contributed by atoms with E-state index in [-0.39, 0.29) is 0 Å². The first kappa shape index (κ1) is 14.4. The topological polar surface area (TPSA) is 47.1 Å². The van der Waals surface area contributed by atoms with Gasteiger partial charge in [0, 0.05) is 20.1 Å². The number of aromatic nitrogens is 2. The van der Waals surface area contributed by atoms with Crippen LogP contribution in [0.25, 0.3) is 0 Å². The zero-order valence-electron chi connectivity index (χ0n) is 12.8. The zero-order chi connectivity index (χ0) is 14.7. The Morgan fingerprint density at radius 3 is 2.40 bits per heavy atom. The summed E-state index contributed by atoms with van der Waals surface area (Å²) in [6.45, 7) is 8.13. The molecule has 0 saturated carbocycles. The summed E-state index contributed by atoms with van der Waals surface area (Å²) in [7, 11) is 1.96. The predicted molar refractivity (Wildman–Crippen MR) is 84.9 cm³/mol. The lowest BCUT2D eigenvalue weighted by Gasteiger charge is -2.23. The molecule has 20 heavy (non-hydrogen) atoms. The Hall–Kier alpha value is -1.97. The number of anilines is 2. The van der Waals surface area contributed by atoms with Gasteiger partial charge in [-0.3, -0.25) is 4.68 Å². The van der Waals surface area contributed by atoms with Crippen molar-refractivity contribution in [1.29, 1.82) is 0 Å². The molecule has 0 aliphatic heterocycles. The molecule has 0 radical (unpaired) electrons. The Bertz CT molecular complexity index is 557. The summed E-state index contributed by atoms with van der Waals surface area (Å²) in [5, 5.41) is 4.57. The first-order valence-corrected chi connectivity index (χ1v) is 7.15. The van der Waals surface area contributed by atoms with E-state index in [0.717, 1.165) is 30.3 Å². The molecular weight excluding hydrogens is 248 g/mol. The Kier molecular flexibility index (Phi) is 4.32. The van der Waals surface area contributed by atoms with Gasteiger partial charge in [-0.15, -0.1) is 0 Å². The molecule has 2 aromatic rings. The molecular formula is C16H24N4. The van der Waals surface area contributed by atoms with Gasteiger partial charge in [-0.05, 0) is 18.4 Å². The van der Waals surface area contributed by atoms with Crippen LogP contribution >= 0.6 is 0 Å². The molecule has 108 valence electrons. The average Bonchev–Trinajstić information content (AvgIpc) is 2.73. The quantitative estimate of drug-likeness (QED) is 0.909. The zero-order valence-corrected chi connectivity index (χ0v) is 12.8. The van der Waals surface area contributed by atoms with E-state index in [4.69, 9.17) is 5.73 Å². The number of benzene rings is 1. The number of nitrogen functional groups attached to an aromatic ring is 1. The van der Waals surface area contributed by atoms with Crippen molar-refractivity contribution in [3.63, 3.8) is 0 Å². The number of aryl methyl sites for hydroxylation is 1. The first-order valence-electron chi connectivity index (χ1n) is 7.15. The summed E-state index contributed by atoms with van der Waals surface area (Å²) in [5.74, 6) is 1.35. The van der Waals surface area contributed by atoms with Crippen LogP contribution in [-0.4, -0.2) is 16.3 Å². The molecule has 4 heteroatoms. The van der Waals surface area contributed by atoms with Gasteiger partial charge in [0.1, 0.15) is 0 Å². The van der Waals surface area contributed by atoms with Crippen LogP contribution in [-0.2, 0) is 13.6 Å². The van der Waals surface area contributed by atoms with Crippen molar-refractivity contribution in [1.82, 2.24) is 9.78 Å². The van der Waals surface area contributed by atoms with Crippen LogP contribution in [0.3, 0.4) is 0 Å². The maximum absolute atomic E-state index is 6.31. The molecule has 2 rings (SSSR count). The number of hydrogen-bond donors (Lipinski definition) is 1. The van der Waals surface area contributed by atoms with E-state index in [9.17, 15) is 0 Å². The van der Waals surface area contributed by atoms with Gasteiger partial charge < -0.3 is 10.6 Å². The Labute approximate surface area is 121 Å². The molecule has 0 fully saturated rings. The lowest BCUT2D eigenvalue weighted by Crippen LogP contribution is -2.25. The smallest absolute Gasteiger partial charge is 0.150 e. The van der Waals surface area contributed by atoms with Crippen LogP contribution in [0.15, 0.2) is 30.3 Å². The fraction of sp³-hybridized carbons (Fsp3) is 0.438. The van der Waals surface area contributed by atoms with Gasteiger partial charge in [-0.2, -0.15) is 5.10 Å². The lowest BCUT2D eigenvalue weighted by molar-refractivity contribution is 0.686. The molecule has 0 aliphatic rings. The maximum atomic E-state index is 6.31. The predicted octanol–water partition coefficient (Wildman–Crippen LogP) is 3.15. The molecule has 0 bridgehead atoms. The molecule has 0 aliphatic carbocycles. The second-order valence-corrected chi connectivity index (χ2v) is 5.40. The largest absolute Gasteiger partial charge is 0.394 e. The third kappa shape index (κ3) is 2.79. The molecule has 0 amide bonds. The molecule has 1 aromatic carbocycles. The van der Waals surface area contributed by atoms with Gasteiger partial charge in [0.25, 0.3) is 0 Å². The van der Waals surface area contributed by atoms with Gasteiger partial charge in [-0.1, -0.05) is 44.2 Å². The highest BCUT2D eigenvalue weighted by Gasteiger charge is 2.20. The minimum atomic E-state index is 0.338. The van der Waals surface area contributed by atoms with Crippen LogP contribution in [0.4, 0.5) is 11.5 Å². The van der Waals surface area contributed by atoms with Crippen LogP contribution in [0.2, 0.25) is 0 Å². The second-order valence-electron chi connectivity index (χ2n) is 5.40. The number of nitrogens with zero attached hydrogens (tertiary/aromatic N) is 3. The molecule has 1 aromatic heterocycles. The summed E-state index contributed by atoms with van der Waals surface area (Å²) >= 11 is 0. The summed E-state index contributed by atoms with van der Waals surface area (Å²) in [4.78, 5) is 2.27. The fourth-order valence-corrected chi connectivity index (χ4v) is 2.49. The summed E-state index contributed by atoms with van der Waals surface area (Å²) in [5.41, 5.74) is 9.38. The fourth-order valence-electron chi connectivity index (χ4n) is 2.49. The monoisotopic (exact) mass is 272 g/mol. The minimum Gasteiger partial charge on any atom is -0.394 e. The standard InChI is InChI=1S/C16H24N4/c1-5-20(11-13-9-7-6-8-10-13)16-14(17)15(12(2)3)18-19(16)4/h6-10,12H,5,11,17H2,1-4H3. The van der Waals surface area contributed by atoms with Crippen molar-refractivity contribution in [3.05, 3.63) is 41.6 Å². The van der Waals surface area contributed by atoms with Crippen molar-refractivity contribution in [2.75, 3.05) is 17.2 Å². The van der Waals surface area contributed by atoms with Crippen molar-refractivity contribution in [2.24, 2.45) is 7.05 Å². The third-order valence-corrected chi connectivity index (χ3v) is 3.53. The Morgan fingerprint density at radius 2 is 1.90 bits per heavy atom. The highest BCUT2D eigenvalue weighted by Crippen LogP contribution is 2.31. The maximum Gasteiger partial charge on any atom is 0.150 e. The summed E-state index contributed by atoms with van der Waals surface area (Å²) in [6.07, 6.45) is 0. The SMILES string of the molecule is CCN(Cc1ccccc1)c1c(N)c(C(C)C)nn1C. The van der Waals surface area contributed by atoms with E-state index < -0.39 is 0 Å². The summed E-state index contributed by atoms with van der Waals surface area (Å²) in [6, 6.07) is 10.4. The first-order chi connectivity index (χ1) is 9.54. The number of nitrogens with two attached hydrogens (primary N) is 1. The normalized spacial score (nSPS) is 11.1. The molecule has 2 N–H and O–H groups in total. The van der Waals surface area contributed by atoms with Crippen LogP contribution in [0.1, 0.15) is 37.9 Å².